The third-order valence-electron chi connectivity index (χ3n) is 4.82. The van der Waals surface area contributed by atoms with E-state index in [2.05, 4.69) is 41.4 Å². The standard InChI is InChI=1S/C18H25N3O2/c1-14-5-4-8-16(13-14)20-9-11-21(12-10-20)18(23)17(22)19-15-6-2-3-7-15/h4-5,8,13,15H,2-3,6-7,9-12H2,1H3,(H,19,22). The highest BCUT2D eigenvalue weighted by Crippen LogP contribution is 2.19. The number of amides is 2. The molecule has 1 saturated heterocycles. The minimum absolute atomic E-state index is 0.194. The third kappa shape index (κ3) is 3.84. The minimum atomic E-state index is -0.430. The van der Waals surface area contributed by atoms with E-state index in [0.29, 0.717) is 13.1 Å². The lowest BCUT2D eigenvalue weighted by atomic mass is 10.2. The number of benzene rings is 1. The number of nitrogens with one attached hydrogen (secondary N) is 1. The zero-order valence-electron chi connectivity index (χ0n) is 13.8. The molecule has 1 aromatic rings. The Morgan fingerprint density at radius 3 is 2.43 bits per heavy atom. The van der Waals surface area contributed by atoms with Gasteiger partial charge >= 0.3 is 11.8 Å². The lowest BCUT2D eigenvalue weighted by molar-refractivity contribution is -0.146. The van der Waals surface area contributed by atoms with Crippen LogP contribution >= 0.6 is 0 Å². The first-order valence-corrected chi connectivity index (χ1v) is 8.55. The molecular weight excluding hydrogens is 290 g/mol. The normalized spacial score (nSPS) is 19.0. The van der Waals surface area contributed by atoms with Crippen molar-refractivity contribution in [2.75, 3.05) is 31.1 Å². The minimum Gasteiger partial charge on any atom is -0.368 e. The zero-order chi connectivity index (χ0) is 16.2. The van der Waals surface area contributed by atoms with Crippen LogP contribution in [0.5, 0.6) is 0 Å². The van der Waals surface area contributed by atoms with Crippen LogP contribution in [0.15, 0.2) is 24.3 Å². The lowest BCUT2D eigenvalue weighted by Crippen LogP contribution is -2.53. The first-order chi connectivity index (χ1) is 11.1. The Kier molecular flexibility index (Phi) is 4.84. The molecule has 5 nitrogen and oxygen atoms in total. The summed E-state index contributed by atoms with van der Waals surface area (Å²) in [5.74, 6) is -0.804. The van der Waals surface area contributed by atoms with Crippen LogP contribution in [0.3, 0.4) is 0 Å². The molecule has 0 spiro atoms. The van der Waals surface area contributed by atoms with Gasteiger partial charge < -0.3 is 15.1 Å². The van der Waals surface area contributed by atoms with E-state index in [1.807, 2.05) is 0 Å². The SMILES string of the molecule is Cc1cccc(N2CCN(C(=O)C(=O)NC3CCCC3)CC2)c1. The molecule has 2 fully saturated rings. The van der Waals surface area contributed by atoms with Crippen molar-refractivity contribution in [2.45, 2.75) is 38.6 Å². The van der Waals surface area contributed by atoms with Gasteiger partial charge in [-0.1, -0.05) is 25.0 Å². The van der Waals surface area contributed by atoms with Crippen LogP contribution in [0.1, 0.15) is 31.2 Å². The maximum atomic E-state index is 12.3. The van der Waals surface area contributed by atoms with Gasteiger partial charge in [-0.3, -0.25) is 9.59 Å². The second kappa shape index (κ2) is 7.02. The summed E-state index contributed by atoms with van der Waals surface area (Å²) in [5, 5.41) is 2.88. The molecule has 1 aliphatic carbocycles. The highest BCUT2D eigenvalue weighted by atomic mass is 16.2. The van der Waals surface area contributed by atoms with Crippen molar-refractivity contribution >= 4 is 17.5 Å². The molecule has 1 aliphatic heterocycles. The van der Waals surface area contributed by atoms with Crippen LogP contribution in [0.25, 0.3) is 0 Å². The Morgan fingerprint density at radius 2 is 1.78 bits per heavy atom. The molecule has 1 aromatic carbocycles. The molecule has 23 heavy (non-hydrogen) atoms. The van der Waals surface area contributed by atoms with Gasteiger partial charge in [0, 0.05) is 37.9 Å². The van der Waals surface area contributed by atoms with Gasteiger partial charge in [-0.2, -0.15) is 0 Å². The number of carbonyl (C=O) groups is 2. The number of hydrogen-bond acceptors (Lipinski definition) is 3. The van der Waals surface area contributed by atoms with Gasteiger partial charge in [0.1, 0.15) is 0 Å². The summed E-state index contributed by atoms with van der Waals surface area (Å²) in [6.07, 6.45) is 4.29. The van der Waals surface area contributed by atoms with Gasteiger partial charge in [-0.05, 0) is 37.5 Å². The summed E-state index contributed by atoms with van der Waals surface area (Å²) in [4.78, 5) is 28.3. The Labute approximate surface area is 137 Å². The second-order valence-corrected chi connectivity index (χ2v) is 6.57. The number of nitrogens with zero attached hydrogens (tertiary/aromatic N) is 2. The Balaban J connectivity index is 1.51. The molecule has 3 rings (SSSR count). The van der Waals surface area contributed by atoms with E-state index in [0.717, 1.165) is 38.8 Å². The van der Waals surface area contributed by atoms with Crippen molar-refractivity contribution in [1.29, 1.82) is 0 Å². The summed E-state index contributed by atoms with van der Waals surface area (Å²) in [6.45, 7) is 4.82. The molecule has 1 heterocycles. The highest BCUT2D eigenvalue weighted by molar-refractivity contribution is 6.35. The predicted molar refractivity (Wildman–Crippen MR) is 90.4 cm³/mol. The van der Waals surface area contributed by atoms with E-state index in [1.54, 1.807) is 4.90 Å². The number of anilines is 1. The molecule has 0 atom stereocenters. The van der Waals surface area contributed by atoms with E-state index >= 15 is 0 Å². The molecule has 5 heteroatoms. The fourth-order valence-electron chi connectivity index (χ4n) is 3.45. The number of carbonyl (C=O) groups excluding carboxylic acids is 2. The van der Waals surface area contributed by atoms with Crippen molar-refractivity contribution in [2.24, 2.45) is 0 Å². The molecule has 1 N–H and O–H groups in total. The second-order valence-electron chi connectivity index (χ2n) is 6.57. The van der Waals surface area contributed by atoms with Gasteiger partial charge in [0.15, 0.2) is 0 Å². The van der Waals surface area contributed by atoms with E-state index in [1.165, 1.54) is 11.3 Å². The van der Waals surface area contributed by atoms with Gasteiger partial charge in [0.2, 0.25) is 0 Å². The van der Waals surface area contributed by atoms with Crippen LogP contribution in [-0.2, 0) is 9.59 Å². The maximum absolute atomic E-state index is 12.3. The van der Waals surface area contributed by atoms with Crippen molar-refractivity contribution in [3.63, 3.8) is 0 Å². The summed E-state index contributed by atoms with van der Waals surface area (Å²) < 4.78 is 0. The Bertz CT molecular complexity index is 573. The van der Waals surface area contributed by atoms with Crippen LogP contribution in [-0.4, -0.2) is 48.9 Å². The lowest BCUT2D eigenvalue weighted by Gasteiger charge is -2.36. The van der Waals surface area contributed by atoms with E-state index < -0.39 is 5.91 Å². The van der Waals surface area contributed by atoms with Crippen molar-refractivity contribution in [1.82, 2.24) is 10.2 Å². The van der Waals surface area contributed by atoms with Gasteiger partial charge in [0.25, 0.3) is 0 Å². The number of rotatable bonds is 2. The predicted octanol–water partition coefficient (Wildman–Crippen LogP) is 1.70. The summed E-state index contributed by atoms with van der Waals surface area (Å²) in [5.41, 5.74) is 2.42. The van der Waals surface area contributed by atoms with Gasteiger partial charge in [-0.25, -0.2) is 0 Å². The average Bonchev–Trinajstić information content (AvgIpc) is 3.07. The summed E-state index contributed by atoms with van der Waals surface area (Å²) in [7, 11) is 0. The molecule has 124 valence electrons. The van der Waals surface area contributed by atoms with E-state index in [4.69, 9.17) is 0 Å². The zero-order valence-corrected chi connectivity index (χ0v) is 13.8. The molecule has 0 unspecified atom stereocenters. The fraction of sp³-hybridized carbons (Fsp3) is 0.556. The topological polar surface area (TPSA) is 52.7 Å². The molecule has 0 bridgehead atoms. The highest BCUT2D eigenvalue weighted by Gasteiger charge is 2.28. The smallest absolute Gasteiger partial charge is 0.312 e. The first-order valence-electron chi connectivity index (χ1n) is 8.55. The number of aryl methyl sites for hydroxylation is 1. The van der Waals surface area contributed by atoms with Gasteiger partial charge in [-0.15, -0.1) is 0 Å². The fourth-order valence-corrected chi connectivity index (χ4v) is 3.45. The van der Waals surface area contributed by atoms with Crippen molar-refractivity contribution in [3.8, 4) is 0 Å². The molecular formula is C18H25N3O2. The largest absolute Gasteiger partial charge is 0.368 e. The van der Waals surface area contributed by atoms with Crippen LogP contribution < -0.4 is 10.2 Å². The Hall–Kier alpha value is -2.04. The maximum Gasteiger partial charge on any atom is 0.312 e. The van der Waals surface area contributed by atoms with Gasteiger partial charge in [0.05, 0.1) is 0 Å². The Morgan fingerprint density at radius 1 is 1.09 bits per heavy atom. The van der Waals surface area contributed by atoms with E-state index in [9.17, 15) is 9.59 Å². The number of piperazine rings is 1. The van der Waals surface area contributed by atoms with Crippen LogP contribution in [0, 0.1) is 6.92 Å². The molecule has 2 amide bonds. The van der Waals surface area contributed by atoms with E-state index in [-0.39, 0.29) is 11.9 Å². The molecule has 0 radical (unpaired) electrons. The van der Waals surface area contributed by atoms with Crippen LogP contribution in [0.2, 0.25) is 0 Å². The third-order valence-corrected chi connectivity index (χ3v) is 4.82. The average molecular weight is 315 g/mol. The van der Waals surface area contributed by atoms with Crippen molar-refractivity contribution < 1.29 is 9.59 Å². The quantitative estimate of drug-likeness (QED) is 0.845. The van der Waals surface area contributed by atoms with Crippen LogP contribution in [0.4, 0.5) is 5.69 Å². The molecule has 2 aliphatic rings. The number of hydrogen-bond donors (Lipinski definition) is 1. The first kappa shape index (κ1) is 15.8. The molecule has 1 saturated carbocycles. The monoisotopic (exact) mass is 315 g/mol. The summed E-state index contributed by atoms with van der Waals surface area (Å²) >= 11 is 0. The van der Waals surface area contributed by atoms with Crippen molar-refractivity contribution in [3.05, 3.63) is 29.8 Å². The molecule has 0 aromatic heterocycles. The summed E-state index contributed by atoms with van der Waals surface area (Å²) in [6, 6.07) is 8.58.